The summed E-state index contributed by atoms with van der Waals surface area (Å²) < 4.78 is 7.05. The standard InChI is InChI=1S/C17H8Br2ClN3O2/c18-9-2-4-14-8(5-9)6-12(16(24)21-14)15-22-17(25-23-15)11-7-10(19)1-3-13(11)20/h1-7H,(H,21,24). The lowest BCUT2D eigenvalue weighted by Gasteiger charge is -2.01. The van der Waals surface area contributed by atoms with Gasteiger partial charge in [-0.3, -0.25) is 4.79 Å². The topological polar surface area (TPSA) is 71.8 Å². The van der Waals surface area contributed by atoms with Crippen molar-refractivity contribution in [3.63, 3.8) is 0 Å². The van der Waals surface area contributed by atoms with E-state index in [9.17, 15) is 4.79 Å². The first kappa shape index (κ1) is 16.5. The average molecular weight is 482 g/mol. The highest BCUT2D eigenvalue weighted by atomic mass is 79.9. The molecule has 0 unspecified atom stereocenters. The van der Waals surface area contributed by atoms with Crippen molar-refractivity contribution in [2.45, 2.75) is 0 Å². The van der Waals surface area contributed by atoms with Gasteiger partial charge in [0.15, 0.2) is 0 Å². The normalized spacial score (nSPS) is 11.2. The molecule has 4 aromatic rings. The number of nitrogens with one attached hydrogen (secondary N) is 1. The summed E-state index contributed by atoms with van der Waals surface area (Å²) in [6.45, 7) is 0. The maximum Gasteiger partial charge on any atom is 0.259 e. The fourth-order valence-electron chi connectivity index (χ4n) is 2.45. The van der Waals surface area contributed by atoms with Crippen molar-refractivity contribution in [1.82, 2.24) is 15.1 Å². The second-order valence-corrected chi connectivity index (χ2v) is 7.53. The van der Waals surface area contributed by atoms with Gasteiger partial charge < -0.3 is 9.51 Å². The summed E-state index contributed by atoms with van der Waals surface area (Å²) in [7, 11) is 0. The molecule has 5 nitrogen and oxygen atoms in total. The van der Waals surface area contributed by atoms with Crippen molar-refractivity contribution in [2.24, 2.45) is 0 Å². The first-order valence-corrected chi connectivity index (χ1v) is 9.10. The molecule has 0 saturated heterocycles. The van der Waals surface area contributed by atoms with Crippen molar-refractivity contribution < 1.29 is 4.52 Å². The summed E-state index contributed by atoms with van der Waals surface area (Å²) in [4.78, 5) is 19.5. The molecule has 124 valence electrons. The Bertz CT molecular complexity index is 1170. The minimum atomic E-state index is -0.289. The molecular formula is C17H8Br2ClN3O2. The van der Waals surface area contributed by atoms with Crippen LogP contribution in [-0.2, 0) is 0 Å². The maximum absolute atomic E-state index is 12.4. The molecule has 2 aromatic carbocycles. The van der Waals surface area contributed by atoms with E-state index in [1.165, 1.54) is 0 Å². The van der Waals surface area contributed by atoms with E-state index in [4.69, 9.17) is 16.1 Å². The number of hydrogen-bond donors (Lipinski definition) is 1. The zero-order valence-corrected chi connectivity index (χ0v) is 16.3. The number of hydrogen-bond acceptors (Lipinski definition) is 4. The molecule has 0 atom stereocenters. The van der Waals surface area contributed by atoms with Gasteiger partial charge in [0, 0.05) is 19.8 Å². The number of halogens is 3. The molecule has 25 heavy (non-hydrogen) atoms. The Morgan fingerprint density at radius 1 is 1.00 bits per heavy atom. The van der Waals surface area contributed by atoms with Gasteiger partial charge in [0.25, 0.3) is 11.4 Å². The van der Waals surface area contributed by atoms with E-state index in [1.807, 2.05) is 24.3 Å². The second-order valence-electron chi connectivity index (χ2n) is 5.29. The molecule has 4 rings (SSSR count). The maximum atomic E-state index is 12.4. The van der Waals surface area contributed by atoms with E-state index >= 15 is 0 Å². The molecule has 0 amide bonds. The minimum absolute atomic E-state index is 0.203. The van der Waals surface area contributed by atoms with Gasteiger partial charge in [0.2, 0.25) is 5.82 Å². The van der Waals surface area contributed by atoms with E-state index < -0.39 is 0 Å². The van der Waals surface area contributed by atoms with E-state index in [0.29, 0.717) is 16.1 Å². The SMILES string of the molecule is O=c1[nH]c2ccc(Br)cc2cc1-c1noc(-c2cc(Br)ccc2Cl)n1. The van der Waals surface area contributed by atoms with Gasteiger partial charge in [-0.05, 0) is 42.5 Å². The summed E-state index contributed by atoms with van der Waals surface area (Å²) in [6.07, 6.45) is 0. The highest BCUT2D eigenvalue weighted by molar-refractivity contribution is 9.10. The number of nitrogens with zero attached hydrogens (tertiary/aromatic N) is 2. The van der Waals surface area contributed by atoms with Crippen LogP contribution in [0.2, 0.25) is 5.02 Å². The van der Waals surface area contributed by atoms with Crippen LogP contribution < -0.4 is 5.56 Å². The van der Waals surface area contributed by atoms with Gasteiger partial charge in [-0.2, -0.15) is 4.98 Å². The molecule has 0 fully saturated rings. The number of fused-ring (bicyclic) bond motifs is 1. The fourth-order valence-corrected chi connectivity index (χ4v) is 3.39. The Hall–Kier alpha value is -1.96. The van der Waals surface area contributed by atoms with Gasteiger partial charge in [-0.25, -0.2) is 0 Å². The molecule has 2 heterocycles. The largest absolute Gasteiger partial charge is 0.334 e. The molecule has 1 N–H and O–H groups in total. The van der Waals surface area contributed by atoms with Crippen LogP contribution in [0.1, 0.15) is 0 Å². The fraction of sp³-hybridized carbons (Fsp3) is 0. The molecule has 0 radical (unpaired) electrons. The number of H-pyrrole nitrogens is 1. The van der Waals surface area contributed by atoms with Gasteiger partial charge in [-0.15, -0.1) is 0 Å². The highest BCUT2D eigenvalue weighted by Gasteiger charge is 2.16. The molecule has 8 heteroatoms. The van der Waals surface area contributed by atoms with Gasteiger partial charge in [-0.1, -0.05) is 48.6 Å². The Balaban J connectivity index is 1.85. The van der Waals surface area contributed by atoms with E-state index in [1.54, 1.807) is 18.2 Å². The molecule has 0 saturated carbocycles. The third kappa shape index (κ3) is 3.15. The molecule has 0 aliphatic carbocycles. The highest BCUT2D eigenvalue weighted by Crippen LogP contribution is 2.31. The Morgan fingerprint density at radius 3 is 2.60 bits per heavy atom. The summed E-state index contributed by atoms with van der Waals surface area (Å²) >= 11 is 13.0. The first-order chi connectivity index (χ1) is 12.0. The van der Waals surface area contributed by atoms with Crippen LogP contribution in [0.3, 0.4) is 0 Å². The Labute approximate surface area is 163 Å². The van der Waals surface area contributed by atoms with Gasteiger partial charge >= 0.3 is 0 Å². The quantitative estimate of drug-likeness (QED) is 0.415. The molecule has 0 bridgehead atoms. The van der Waals surface area contributed by atoms with Crippen LogP contribution in [-0.4, -0.2) is 15.1 Å². The van der Waals surface area contributed by atoms with Crippen molar-refractivity contribution >= 4 is 54.4 Å². The average Bonchev–Trinajstić information content (AvgIpc) is 3.06. The number of aromatic amines is 1. The lowest BCUT2D eigenvalue weighted by atomic mass is 10.1. The van der Waals surface area contributed by atoms with Crippen molar-refractivity contribution in [3.05, 3.63) is 66.8 Å². The predicted molar refractivity (Wildman–Crippen MR) is 104 cm³/mol. The number of rotatable bonds is 2. The molecular weight excluding hydrogens is 473 g/mol. The third-order valence-corrected chi connectivity index (χ3v) is 4.95. The summed E-state index contributed by atoms with van der Waals surface area (Å²) in [5.41, 5.74) is 1.36. The van der Waals surface area contributed by atoms with Crippen LogP contribution >= 0.6 is 43.5 Å². The molecule has 0 aliphatic rings. The smallest absolute Gasteiger partial charge is 0.259 e. The monoisotopic (exact) mass is 479 g/mol. The Kier molecular flexibility index (Phi) is 4.23. The zero-order valence-electron chi connectivity index (χ0n) is 12.4. The molecule has 0 aliphatic heterocycles. The zero-order chi connectivity index (χ0) is 17.6. The van der Waals surface area contributed by atoms with Crippen LogP contribution in [0, 0.1) is 0 Å². The Morgan fingerprint density at radius 2 is 1.76 bits per heavy atom. The van der Waals surface area contributed by atoms with Crippen molar-refractivity contribution in [3.8, 4) is 22.8 Å². The van der Waals surface area contributed by atoms with E-state index in [0.717, 1.165) is 19.8 Å². The van der Waals surface area contributed by atoms with E-state index in [-0.39, 0.29) is 17.3 Å². The minimum Gasteiger partial charge on any atom is -0.334 e. The summed E-state index contributed by atoms with van der Waals surface area (Å²) in [5.74, 6) is 0.448. The summed E-state index contributed by atoms with van der Waals surface area (Å²) in [6, 6.07) is 12.6. The van der Waals surface area contributed by atoms with Crippen LogP contribution in [0.5, 0.6) is 0 Å². The second kappa shape index (κ2) is 6.40. The lowest BCUT2D eigenvalue weighted by Crippen LogP contribution is -2.09. The molecule has 2 aromatic heterocycles. The van der Waals surface area contributed by atoms with Crippen LogP contribution in [0.25, 0.3) is 33.7 Å². The number of benzene rings is 2. The van der Waals surface area contributed by atoms with Crippen LogP contribution in [0.4, 0.5) is 0 Å². The van der Waals surface area contributed by atoms with Crippen molar-refractivity contribution in [2.75, 3.05) is 0 Å². The first-order valence-electron chi connectivity index (χ1n) is 7.13. The van der Waals surface area contributed by atoms with Gasteiger partial charge in [0.05, 0.1) is 16.1 Å². The number of pyridine rings is 1. The summed E-state index contributed by atoms with van der Waals surface area (Å²) in [5, 5.41) is 5.27. The number of aromatic nitrogens is 3. The van der Waals surface area contributed by atoms with E-state index in [2.05, 4.69) is 47.0 Å². The lowest BCUT2D eigenvalue weighted by molar-refractivity contribution is 0.432. The van der Waals surface area contributed by atoms with Crippen LogP contribution in [0.15, 0.2) is 60.7 Å². The predicted octanol–water partition coefficient (Wildman–Crippen LogP) is 5.42. The van der Waals surface area contributed by atoms with Crippen molar-refractivity contribution in [1.29, 1.82) is 0 Å². The molecule has 0 spiro atoms. The third-order valence-electron chi connectivity index (χ3n) is 3.63. The van der Waals surface area contributed by atoms with Gasteiger partial charge in [0.1, 0.15) is 0 Å².